The Balaban J connectivity index is 1.78. The predicted octanol–water partition coefficient (Wildman–Crippen LogP) is 6.05. The molecule has 0 saturated carbocycles. The molecular weight excluding hydrogens is 332 g/mol. The Labute approximate surface area is 154 Å². The number of hydrogen-bond acceptors (Lipinski definition) is 2. The van der Waals surface area contributed by atoms with Gasteiger partial charge in [0.2, 0.25) is 0 Å². The van der Waals surface area contributed by atoms with Gasteiger partial charge in [-0.1, -0.05) is 45.9 Å². The fourth-order valence-electron chi connectivity index (χ4n) is 3.53. The van der Waals surface area contributed by atoms with E-state index in [-0.39, 0.29) is 10.2 Å². The number of hydrogen-bond donors (Lipinski definition) is 2. The molecule has 2 nitrogen and oxygen atoms in total. The second-order valence-electron chi connectivity index (χ2n) is 7.58. The fourth-order valence-corrected chi connectivity index (χ4v) is 5.38. The summed E-state index contributed by atoms with van der Waals surface area (Å²) in [4.78, 5) is 1.38. The Bertz CT molecular complexity index is 751. The molecule has 3 rings (SSSR count). The van der Waals surface area contributed by atoms with Crippen molar-refractivity contribution in [3.05, 3.63) is 54.1 Å². The van der Waals surface area contributed by atoms with Crippen LogP contribution < -0.4 is 10.6 Å². The van der Waals surface area contributed by atoms with Gasteiger partial charge in [0.05, 0.1) is 0 Å². The van der Waals surface area contributed by atoms with Crippen LogP contribution in [0.3, 0.4) is 0 Å². The van der Waals surface area contributed by atoms with Gasteiger partial charge in [-0.3, -0.25) is 0 Å². The lowest BCUT2D eigenvalue weighted by Gasteiger charge is -2.41. The van der Waals surface area contributed by atoms with Gasteiger partial charge in [0.1, 0.15) is 0 Å². The van der Waals surface area contributed by atoms with Crippen LogP contribution in [0.1, 0.15) is 39.7 Å². The van der Waals surface area contributed by atoms with Crippen molar-refractivity contribution in [2.45, 2.75) is 49.2 Å². The molecule has 4 heteroatoms. The van der Waals surface area contributed by atoms with E-state index in [0.29, 0.717) is 5.11 Å². The van der Waals surface area contributed by atoms with E-state index in [2.05, 4.69) is 56.5 Å². The van der Waals surface area contributed by atoms with Crippen molar-refractivity contribution < 1.29 is 0 Å². The summed E-state index contributed by atoms with van der Waals surface area (Å²) in [5, 5.41) is 7.14. The van der Waals surface area contributed by atoms with Crippen molar-refractivity contribution in [1.82, 2.24) is 0 Å². The van der Waals surface area contributed by atoms with E-state index in [4.69, 9.17) is 12.2 Å². The molecule has 126 valence electrons. The molecule has 0 aliphatic carbocycles. The highest BCUT2D eigenvalue weighted by molar-refractivity contribution is 8.00. The molecule has 1 heterocycles. The maximum Gasteiger partial charge on any atom is 0.175 e. The Kier molecular flexibility index (Phi) is 4.63. The van der Waals surface area contributed by atoms with Gasteiger partial charge >= 0.3 is 0 Å². The number of rotatable bonds is 2. The Morgan fingerprint density at radius 3 is 2.33 bits per heavy atom. The number of anilines is 2. The molecule has 0 spiro atoms. The third-order valence-electron chi connectivity index (χ3n) is 4.25. The molecule has 0 unspecified atom stereocenters. The number of benzene rings is 2. The van der Waals surface area contributed by atoms with Gasteiger partial charge in [-0.2, -0.15) is 0 Å². The van der Waals surface area contributed by atoms with Gasteiger partial charge in [0.15, 0.2) is 5.11 Å². The molecular formula is C20H24N2S2. The van der Waals surface area contributed by atoms with E-state index < -0.39 is 0 Å². The van der Waals surface area contributed by atoms with Crippen molar-refractivity contribution in [3.8, 4) is 0 Å². The molecule has 1 aliphatic heterocycles. The monoisotopic (exact) mass is 356 g/mol. The SMILES string of the molecule is CC1(C)CC(C)(C)c2cc(NC(=S)Nc3ccccc3)ccc2S1. The van der Waals surface area contributed by atoms with E-state index in [0.717, 1.165) is 17.8 Å². The van der Waals surface area contributed by atoms with E-state index in [9.17, 15) is 0 Å². The average molecular weight is 357 g/mol. The van der Waals surface area contributed by atoms with Gasteiger partial charge in [-0.15, -0.1) is 11.8 Å². The molecule has 0 amide bonds. The van der Waals surface area contributed by atoms with Gasteiger partial charge in [0.25, 0.3) is 0 Å². The lowest BCUT2D eigenvalue weighted by atomic mass is 9.77. The first-order valence-corrected chi connectivity index (χ1v) is 9.44. The van der Waals surface area contributed by atoms with Crippen LogP contribution in [0.4, 0.5) is 11.4 Å². The third-order valence-corrected chi connectivity index (χ3v) is 5.73. The van der Waals surface area contributed by atoms with E-state index in [1.807, 2.05) is 42.1 Å². The molecule has 2 aromatic rings. The molecule has 1 aliphatic rings. The highest BCUT2D eigenvalue weighted by Gasteiger charge is 2.38. The maximum absolute atomic E-state index is 5.44. The van der Waals surface area contributed by atoms with Gasteiger partial charge < -0.3 is 10.6 Å². The van der Waals surface area contributed by atoms with E-state index in [1.54, 1.807) is 0 Å². The smallest absolute Gasteiger partial charge is 0.175 e. The number of thiocarbonyl (C=S) groups is 1. The molecule has 0 atom stereocenters. The average Bonchev–Trinajstić information content (AvgIpc) is 2.47. The number of fused-ring (bicyclic) bond motifs is 1. The van der Waals surface area contributed by atoms with Crippen LogP contribution in [0.15, 0.2) is 53.4 Å². The van der Waals surface area contributed by atoms with Crippen LogP contribution in [-0.2, 0) is 5.41 Å². The molecule has 0 saturated heterocycles. The van der Waals surface area contributed by atoms with Crippen molar-refractivity contribution in [2.75, 3.05) is 10.6 Å². The molecule has 24 heavy (non-hydrogen) atoms. The minimum Gasteiger partial charge on any atom is -0.332 e. The lowest BCUT2D eigenvalue weighted by Crippen LogP contribution is -2.33. The summed E-state index contributed by atoms with van der Waals surface area (Å²) in [5.41, 5.74) is 3.59. The van der Waals surface area contributed by atoms with Crippen LogP contribution >= 0.6 is 24.0 Å². The predicted molar refractivity (Wildman–Crippen MR) is 110 cm³/mol. The van der Waals surface area contributed by atoms with Gasteiger partial charge in [0, 0.05) is 21.0 Å². The summed E-state index contributed by atoms with van der Waals surface area (Å²) < 4.78 is 0.273. The normalized spacial score (nSPS) is 17.7. The minimum absolute atomic E-state index is 0.163. The zero-order chi connectivity index (χ0) is 17.4. The fraction of sp³-hybridized carbons (Fsp3) is 0.350. The summed E-state index contributed by atoms with van der Waals surface area (Å²) in [7, 11) is 0. The van der Waals surface area contributed by atoms with Crippen molar-refractivity contribution in [1.29, 1.82) is 0 Å². The number of para-hydroxylation sites is 1. The Morgan fingerprint density at radius 1 is 0.958 bits per heavy atom. The summed E-state index contributed by atoms with van der Waals surface area (Å²) >= 11 is 7.41. The van der Waals surface area contributed by atoms with Crippen LogP contribution in [0.25, 0.3) is 0 Å². The summed E-state index contributed by atoms with van der Waals surface area (Å²) in [6, 6.07) is 16.6. The number of thioether (sulfide) groups is 1. The summed E-state index contributed by atoms with van der Waals surface area (Å²) in [5.74, 6) is 0. The van der Waals surface area contributed by atoms with Crippen molar-refractivity contribution in [3.63, 3.8) is 0 Å². The highest BCUT2D eigenvalue weighted by Crippen LogP contribution is 2.51. The van der Waals surface area contributed by atoms with Crippen molar-refractivity contribution in [2.24, 2.45) is 0 Å². The summed E-state index contributed by atoms with van der Waals surface area (Å²) in [6.07, 6.45) is 1.16. The van der Waals surface area contributed by atoms with Crippen LogP contribution in [0, 0.1) is 0 Å². The quantitative estimate of drug-likeness (QED) is 0.640. The summed E-state index contributed by atoms with van der Waals surface area (Å²) in [6.45, 7) is 9.32. The van der Waals surface area contributed by atoms with Gasteiger partial charge in [-0.25, -0.2) is 0 Å². The van der Waals surface area contributed by atoms with Gasteiger partial charge in [-0.05, 0) is 59.9 Å². The van der Waals surface area contributed by atoms with Crippen LogP contribution in [0.2, 0.25) is 0 Å². The first kappa shape index (κ1) is 17.3. The second-order valence-corrected chi connectivity index (χ2v) is 9.74. The molecule has 0 aromatic heterocycles. The Hall–Kier alpha value is -1.52. The van der Waals surface area contributed by atoms with E-state index >= 15 is 0 Å². The Morgan fingerprint density at radius 2 is 1.62 bits per heavy atom. The molecule has 0 bridgehead atoms. The largest absolute Gasteiger partial charge is 0.332 e. The molecule has 0 fully saturated rings. The molecule has 2 N–H and O–H groups in total. The molecule has 0 radical (unpaired) electrons. The van der Waals surface area contributed by atoms with Crippen LogP contribution in [-0.4, -0.2) is 9.86 Å². The topological polar surface area (TPSA) is 24.1 Å². The van der Waals surface area contributed by atoms with Crippen LogP contribution in [0.5, 0.6) is 0 Å². The molecule has 2 aromatic carbocycles. The van der Waals surface area contributed by atoms with E-state index in [1.165, 1.54) is 10.5 Å². The van der Waals surface area contributed by atoms with Crippen molar-refractivity contribution >= 4 is 40.5 Å². The first-order valence-electron chi connectivity index (χ1n) is 8.22. The lowest BCUT2D eigenvalue weighted by molar-refractivity contribution is 0.408. The zero-order valence-corrected chi connectivity index (χ0v) is 16.3. The minimum atomic E-state index is 0.163. The third kappa shape index (κ3) is 3.93. The standard InChI is InChI=1S/C20H24N2S2/c1-19(2)13-20(3,4)24-17-11-10-15(12-16(17)19)22-18(23)21-14-8-6-5-7-9-14/h5-12H,13H2,1-4H3,(H2,21,22,23). The highest BCUT2D eigenvalue weighted by atomic mass is 32.2. The second kappa shape index (κ2) is 6.41. The maximum atomic E-state index is 5.44. The number of nitrogens with one attached hydrogen (secondary N) is 2. The zero-order valence-electron chi connectivity index (χ0n) is 14.6. The first-order chi connectivity index (χ1) is 11.3.